The van der Waals surface area contributed by atoms with Gasteiger partial charge in [-0.15, -0.1) is 10.2 Å². The van der Waals surface area contributed by atoms with E-state index in [4.69, 9.17) is 4.74 Å². The Morgan fingerprint density at radius 1 is 1.06 bits per heavy atom. The van der Waals surface area contributed by atoms with Crippen molar-refractivity contribution in [3.8, 4) is 11.4 Å². The van der Waals surface area contributed by atoms with Gasteiger partial charge in [-0.1, -0.05) is 43.8 Å². The molecule has 8 nitrogen and oxygen atoms in total. The number of methoxy groups -OCH3 is 1. The quantitative estimate of drug-likeness (QED) is 0.318. The lowest BCUT2D eigenvalue weighted by molar-refractivity contribution is -0.132. The Morgan fingerprint density at radius 2 is 1.77 bits per heavy atom. The number of hydrogen-bond acceptors (Lipinski definition) is 6. The highest BCUT2D eigenvalue weighted by Crippen LogP contribution is 2.25. The molecule has 0 aliphatic heterocycles. The van der Waals surface area contributed by atoms with Crippen LogP contribution in [0.3, 0.4) is 0 Å². The molecule has 0 fully saturated rings. The number of thioether (sulfide) groups is 1. The number of nitrogens with zero attached hydrogens (tertiary/aromatic N) is 5. The van der Waals surface area contributed by atoms with Crippen molar-refractivity contribution < 1.29 is 9.53 Å². The number of amides is 1. The number of carbonyl (C=O) groups is 1. The molecule has 1 amide bonds. The molecule has 0 spiro atoms. The van der Waals surface area contributed by atoms with E-state index in [2.05, 4.69) is 37.9 Å². The maximum Gasteiger partial charge on any atom is 0.267 e. The SMILES string of the molecule is CCC(C)N(C(=O)CSc1nnc2n(-c3cccc(OC)c3)c(=O)c3ccccc3n12)C(C)CC. The molecule has 4 rings (SSSR count). The van der Waals surface area contributed by atoms with Gasteiger partial charge >= 0.3 is 0 Å². The first-order chi connectivity index (χ1) is 16.9. The van der Waals surface area contributed by atoms with Crippen molar-refractivity contribution in [2.75, 3.05) is 12.9 Å². The fourth-order valence-electron chi connectivity index (χ4n) is 4.27. The van der Waals surface area contributed by atoms with Gasteiger partial charge in [-0.25, -0.2) is 4.57 Å². The number of hydrogen-bond donors (Lipinski definition) is 0. The molecule has 2 heterocycles. The topological polar surface area (TPSA) is 81.7 Å². The second-order valence-electron chi connectivity index (χ2n) is 8.58. The third-order valence-corrected chi connectivity index (χ3v) is 7.36. The summed E-state index contributed by atoms with van der Waals surface area (Å²) < 4.78 is 8.75. The molecule has 0 radical (unpaired) electrons. The number of benzene rings is 2. The van der Waals surface area contributed by atoms with Gasteiger partial charge in [0, 0.05) is 18.2 Å². The Labute approximate surface area is 208 Å². The molecular formula is C26H31N5O3S. The van der Waals surface area contributed by atoms with Crippen molar-refractivity contribution in [2.45, 2.75) is 57.8 Å². The van der Waals surface area contributed by atoms with Crippen molar-refractivity contribution in [1.82, 2.24) is 24.1 Å². The summed E-state index contributed by atoms with van der Waals surface area (Å²) in [5, 5.41) is 9.87. The lowest BCUT2D eigenvalue weighted by Gasteiger charge is -2.34. The zero-order valence-electron chi connectivity index (χ0n) is 20.8. The van der Waals surface area contributed by atoms with Crippen molar-refractivity contribution in [2.24, 2.45) is 0 Å². The monoisotopic (exact) mass is 493 g/mol. The fraction of sp³-hybridized carbons (Fsp3) is 0.385. The summed E-state index contributed by atoms with van der Waals surface area (Å²) >= 11 is 1.34. The molecule has 184 valence electrons. The molecule has 0 aliphatic rings. The van der Waals surface area contributed by atoms with Gasteiger partial charge in [0.05, 0.1) is 29.5 Å². The van der Waals surface area contributed by atoms with E-state index in [9.17, 15) is 9.59 Å². The van der Waals surface area contributed by atoms with Crippen LogP contribution < -0.4 is 10.3 Å². The molecule has 2 atom stereocenters. The molecule has 4 aromatic rings. The average Bonchev–Trinajstić information content (AvgIpc) is 3.31. The lowest BCUT2D eigenvalue weighted by Crippen LogP contribution is -2.45. The zero-order valence-corrected chi connectivity index (χ0v) is 21.6. The number of aromatic nitrogens is 4. The fourth-order valence-corrected chi connectivity index (χ4v) is 5.08. The van der Waals surface area contributed by atoms with Crippen LogP contribution in [0, 0.1) is 0 Å². The predicted octanol–water partition coefficient (Wildman–Crippen LogP) is 4.56. The molecule has 0 saturated carbocycles. The molecule has 0 bridgehead atoms. The third-order valence-electron chi connectivity index (χ3n) is 6.45. The molecule has 35 heavy (non-hydrogen) atoms. The second-order valence-corrected chi connectivity index (χ2v) is 9.52. The number of para-hydroxylation sites is 1. The first-order valence-electron chi connectivity index (χ1n) is 11.9. The highest BCUT2D eigenvalue weighted by Gasteiger charge is 2.25. The van der Waals surface area contributed by atoms with Crippen LogP contribution >= 0.6 is 11.8 Å². The van der Waals surface area contributed by atoms with E-state index in [0.29, 0.717) is 33.3 Å². The van der Waals surface area contributed by atoms with Crippen LogP contribution in [0.25, 0.3) is 22.4 Å². The van der Waals surface area contributed by atoms with Crippen LogP contribution in [0.1, 0.15) is 40.5 Å². The Balaban J connectivity index is 1.80. The third kappa shape index (κ3) is 4.65. The standard InChI is InChI=1S/C26H31N5O3S/c1-6-17(3)29(18(4)7-2)23(32)16-35-26-28-27-25-30(19-11-10-12-20(15-19)34-5)24(33)21-13-8-9-14-22(21)31(25)26/h8-15,17-18H,6-7,16H2,1-5H3. The molecule has 2 aromatic carbocycles. The van der Waals surface area contributed by atoms with Gasteiger partial charge in [0.15, 0.2) is 5.16 Å². The molecular weight excluding hydrogens is 462 g/mol. The van der Waals surface area contributed by atoms with Gasteiger partial charge in [0.25, 0.3) is 5.56 Å². The van der Waals surface area contributed by atoms with Crippen LogP contribution in [0.5, 0.6) is 5.75 Å². The second kappa shape index (κ2) is 10.5. The average molecular weight is 494 g/mol. The van der Waals surface area contributed by atoms with Gasteiger partial charge in [0.1, 0.15) is 5.75 Å². The van der Waals surface area contributed by atoms with Gasteiger partial charge < -0.3 is 9.64 Å². The van der Waals surface area contributed by atoms with E-state index in [-0.39, 0.29) is 29.3 Å². The van der Waals surface area contributed by atoms with Crippen LogP contribution in [-0.2, 0) is 4.79 Å². The van der Waals surface area contributed by atoms with E-state index in [1.807, 2.05) is 45.7 Å². The number of fused-ring (bicyclic) bond motifs is 3. The van der Waals surface area contributed by atoms with E-state index in [0.717, 1.165) is 12.8 Å². The smallest absolute Gasteiger partial charge is 0.267 e. The van der Waals surface area contributed by atoms with Gasteiger partial charge in [-0.3, -0.25) is 14.0 Å². The van der Waals surface area contributed by atoms with Crippen LogP contribution in [-0.4, -0.2) is 54.9 Å². The summed E-state index contributed by atoms with van der Waals surface area (Å²) in [6.07, 6.45) is 1.79. The number of carbonyl (C=O) groups excluding carboxylic acids is 1. The van der Waals surface area contributed by atoms with E-state index >= 15 is 0 Å². The van der Waals surface area contributed by atoms with Crippen molar-refractivity contribution in [3.63, 3.8) is 0 Å². The summed E-state index contributed by atoms with van der Waals surface area (Å²) in [5.41, 5.74) is 1.14. The van der Waals surface area contributed by atoms with Gasteiger partial charge in [0.2, 0.25) is 11.7 Å². The molecule has 0 aliphatic carbocycles. The zero-order chi connectivity index (χ0) is 25.1. The molecule has 2 unspecified atom stereocenters. The van der Waals surface area contributed by atoms with Crippen LogP contribution in [0.15, 0.2) is 58.5 Å². The normalized spacial score (nSPS) is 13.2. The van der Waals surface area contributed by atoms with Crippen molar-refractivity contribution in [1.29, 1.82) is 0 Å². The Bertz CT molecular complexity index is 1400. The lowest BCUT2D eigenvalue weighted by atomic mass is 10.1. The molecule has 9 heteroatoms. The maximum absolute atomic E-state index is 13.5. The Morgan fingerprint density at radius 3 is 2.46 bits per heavy atom. The predicted molar refractivity (Wildman–Crippen MR) is 140 cm³/mol. The minimum Gasteiger partial charge on any atom is -0.497 e. The molecule has 0 saturated heterocycles. The van der Waals surface area contributed by atoms with Crippen molar-refractivity contribution >= 4 is 34.3 Å². The Kier molecular flexibility index (Phi) is 7.45. The minimum absolute atomic E-state index is 0.0703. The van der Waals surface area contributed by atoms with E-state index in [1.54, 1.807) is 19.2 Å². The highest BCUT2D eigenvalue weighted by molar-refractivity contribution is 7.99. The van der Waals surface area contributed by atoms with E-state index < -0.39 is 0 Å². The Hall–Kier alpha value is -3.33. The summed E-state index contributed by atoms with van der Waals surface area (Å²) in [6, 6.07) is 15.0. The largest absolute Gasteiger partial charge is 0.497 e. The van der Waals surface area contributed by atoms with Crippen LogP contribution in [0.2, 0.25) is 0 Å². The number of ether oxygens (including phenoxy) is 1. The summed E-state index contributed by atoms with van der Waals surface area (Å²) in [5.74, 6) is 1.33. The minimum atomic E-state index is -0.193. The van der Waals surface area contributed by atoms with Gasteiger partial charge in [-0.05, 0) is 51.0 Å². The van der Waals surface area contributed by atoms with Crippen LogP contribution in [0.4, 0.5) is 0 Å². The summed E-state index contributed by atoms with van der Waals surface area (Å²) in [7, 11) is 1.59. The first-order valence-corrected chi connectivity index (χ1v) is 12.9. The summed E-state index contributed by atoms with van der Waals surface area (Å²) in [6.45, 7) is 8.36. The van der Waals surface area contributed by atoms with E-state index in [1.165, 1.54) is 16.3 Å². The van der Waals surface area contributed by atoms with Gasteiger partial charge in [-0.2, -0.15) is 0 Å². The number of rotatable bonds is 9. The van der Waals surface area contributed by atoms with Crippen molar-refractivity contribution in [3.05, 3.63) is 58.9 Å². The molecule has 0 N–H and O–H groups in total. The first kappa shape index (κ1) is 24.8. The highest BCUT2D eigenvalue weighted by atomic mass is 32.2. The summed E-state index contributed by atoms with van der Waals surface area (Å²) in [4.78, 5) is 28.7. The molecule has 2 aromatic heterocycles. The maximum atomic E-state index is 13.5.